The van der Waals surface area contributed by atoms with Crippen LogP contribution in [0, 0.1) is 0 Å². The molecule has 0 aromatic heterocycles. The highest BCUT2D eigenvalue weighted by atomic mass is 16.3. The van der Waals surface area contributed by atoms with Crippen LogP contribution in [0.2, 0.25) is 0 Å². The van der Waals surface area contributed by atoms with Gasteiger partial charge in [-0.2, -0.15) is 5.10 Å². The number of nitrogens with zero attached hydrogens (tertiary/aromatic N) is 2. The van der Waals surface area contributed by atoms with Crippen LogP contribution in [0.25, 0.3) is 0 Å². The summed E-state index contributed by atoms with van der Waals surface area (Å²) >= 11 is 0. The third-order valence-corrected chi connectivity index (χ3v) is 3.33. The molecular formula is C20H16N2O. The SMILES string of the molecule is Oc1cccc(/C=N/N=C(c2ccccc2)c2ccccc2)c1. The molecule has 0 aliphatic carbocycles. The Morgan fingerprint density at radius 2 is 1.35 bits per heavy atom. The minimum absolute atomic E-state index is 0.212. The summed E-state index contributed by atoms with van der Waals surface area (Å²) < 4.78 is 0. The zero-order valence-electron chi connectivity index (χ0n) is 12.5. The molecule has 0 spiro atoms. The molecular weight excluding hydrogens is 284 g/mol. The first-order chi connectivity index (χ1) is 11.3. The van der Waals surface area contributed by atoms with Crippen molar-refractivity contribution in [2.45, 2.75) is 0 Å². The smallest absolute Gasteiger partial charge is 0.116 e. The van der Waals surface area contributed by atoms with Crippen molar-refractivity contribution < 1.29 is 5.11 Å². The van der Waals surface area contributed by atoms with Gasteiger partial charge in [0.1, 0.15) is 11.5 Å². The van der Waals surface area contributed by atoms with E-state index >= 15 is 0 Å². The second kappa shape index (κ2) is 7.18. The number of hydrogen-bond acceptors (Lipinski definition) is 3. The van der Waals surface area contributed by atoms with Crippen LogP contribution in [0.15, 0.2) is 95.1 Å². The Labute approximate surface area is 135 Å². The van der Waals surface area contributed by atoms with Crippen LogP contribution in [0.5, 0.6) is 5.75 Å². The maximum Gasteiger partial charge on any atom is 0.116 e. The van der Waals surface area contributed by atoms with Crippen LogP contribution >= 0.6 is 0 Å². The summed E-state index contributed by atoms with van der Waals surface area (Å²) in [4.78, 5) is 0. The van der Waals surface area contributed by atoms with Gasteiger partial charge >= 0.3 is 0 Å². The van der Waals surface area contributed by atoms with Crippen molar-refractivity contribution in [2.75, 3.05) is 0 Å². The first-order valence-corrected chi connectivity index (χ1v) is 7.34. The molecule has 0 saturated carbocycles. The quantitative estimate of drug-likeness (QED) is 0.568. The summed E-state index contributed by atoms with van der Waals surface area (Å²) in [5, 5.41) is 18.1. The maximum absolute atomic E-state index is 9.48. The summed E-state index contributed by atoms with van der Waals surface area (Å²) in [7, 11) is 0. The van der Waals surface area contributed by atoms with Crippen LogP contribution in [0.4, 0.5) is 0 Å². The van der Waals surface area contributed by atoms with Crippen molar-refractivity contribution in [1.29, 1.82) is 0 Å². The topological polar surface area (TPSA) is 45.0 Å². The van der Waals surface area contributed by atoms with Gasteiger partial charge in [0.25, 0.3) is 0 Å². The molecule has 0 amide bonds. The predicted octanol–water partition coefficient (Wildman–Crippen LogP) is 4.26. The van der Waals surface area contributed by atoms with Gasteiger partial charge in [0, 0.05) is 11.1 Å². The van der Waals surface area contributed by atoms with Gasteiger partial charge in [0.05, 0.1) is 6.21 Å². The molecule has 3 aromatic rings. The number of rotatable bonds is 4. The highest BCUT2D eigenvalue weighted by Gasteiger charge is 2.05. The highest BCUT2D eigenvalue weighted by molar-refractivity contribution is 6.12. The molecule has 0 heterocycles. The Balaban J connectivity index is 1.95. The van der Waals surface area contributed by atoms with Crippen molar-refractivity contribution in [3.05, 3.63) is 102 Å². The van der Waals surface area contributed by atoms with Crippen LogP contribution in [0.1, 0.15) is 16.7 Å². The first kappa shape index (κ1) is 14.7. The summed E-state index contributed by atoms with van der Waals surface area (Å²) in [6.07, 6.45) is 1.63. The van der Waals surface area contributed by atoms with Crippen LogP contribution in [0.3, 0.4) is 0 Å². The van der Waals surface area contributed by atoms with E-state index in [0.717, 1.165) is 22.4 Å². The van der Waals surface area contributed by atoms with Crippen molar-refractivity contribution in [2.24, 2.45) is 10.2 Å². The average molecular weight is 300 g/mol. The van der Waals surface area contributed by atoms with E-state index in [1.165, 1.54) is 0 Å². The minimum atomic E-state index is 0.212. The largest absolute Gasteiger partial charge is 0.508 e. The van der Waals surface area contributed by atoms with E-state index in [-0.39, 0.29) is 5.75 Å². The number of aromatic hydroxyl groups is 1. The van der Waals surface area contributed by atoms with E-state index in [0.29, 0.717) is 0 Å². The number of phenolic OH excluding ortho intramolecular Hbond substituents is 1. The lowest BCUT2D eigenvalue weighted by molar-refractivity contribution is 0.475. The molecule has 0 aliphatic rings. The Morgan fingerprint density at radius 3 is 1.91 bits per heavy atom. The fourth-order valence-corrected chi connectivity index (χ4v) is 2.23. The Kier molecular flexibility index (Phi) is 4.60. The molecule has 3 aromatic carbocycles. The zero-order chi connectivity index (χ0) is 15.9. The second-order valence-corrected chi connectivity index (χ2v) is 5.02. The van der Waals surface area contributed by atoms with Crippen molar-refractivity contribution in [3.63, 3.8) is 0 Å². The maximum atomic E-state index is 9.48. The molecule has 0 unspecified atom stereocenters. The van der Waals surface area contributed by atoms with E-state index in [9.17, 15) is 5.11 Å². The van der Waals surface area contributed by atoms with Gasteiger partial charge in [-0.15, -0.1) is 5.10 Å². The van der Waals surface area contributed by atoms with Gasteiger partial charge in [-0.05, 0) is 17.7 Å². The van der Waals surface area contributed by atoms with E-state index in [1.54, 1.807) is 24.4 Å². The van der Waals surface area contributed by atoms with E-state index in [2.05, 4.69) is 10.2 Å². The molecule has 0 aliphatic heterocycles. The summed E-state index contributed by atoms with van der Waals surface area (Å²) in [6, 6.07) is 26.8. The monoisotopic (exact) mass is 300 g/mol. The van der Waals surface area contributed by atoms with Gasteiger partial charge in [-0.25, -0.2) is 0 Å². The highest BCUT2D eigenvalue weighted by Crippen LogP contribution is 2.12. The van der Waals surface area contributed by atoms with E-state index < -0.39 is 0 Å². The predicted molar refractivity (Wildman–Crippen MR) is 94.2 cm³/mol. The fraction of sp³-hybridized carbons (Fsp3) is 0. The summed E-state index contributed by atoms with van der Waals surface area (Å²) in [5.74, 6) is 0.212. The molecule has 3 nitrogen and oxygen atoms in total. The average Bonchev–Trinajstić information content (AvgIpc) is 2.60. The summed E-state index contributed by atoms with van der Waals surface area (Å²) in [5.41, 5.74) is 3.62. The third kappa shape index (κ3) is 3.92. The lowest BCUT2D eigenvalue weighted by atomic mass is 10.0. The first-order valence-electron chi connectivity index (χ1n) is 7.34. The van der Waals surface area contributed by atoms with Gasteiger partial charge in [-0.1, -0.05) is 72.8 Å². The molecule has 0 saturated heterocycles. The molecule has 23 heavy (non-hydrogen) atoms. The number of phenols is 1. The van der Waals surface area contributed by atoms with Crippen LogP contribution in [-0.4, -0.2) is 17.0 Å². The van der Waals surface area contributed by atoms with Gasteiger partial charge < -0.3 is 5.11 Å². The molecule has 0 bridgehead atoms. The molecule has 112 valence electrons. The van der Waals surface area contributed by atoms with Crippen LogP contribution < -0.4 is 0 Å². The zero-order valence-corrected chi connectivity index (χ0v) is 12.5. The standard InChI is InChI=1S/C20H16N2O/c23-19-13-7-8-16(14-19)15-21-22-20(17-9-3-1-4-10-17)18-11-5-2-6-12-18/h1-15,23H/b21-15+. The van der Waals surface area contributed by atoms with Gasteiger partial charge in [-0.3, -0.25) is 0 Å². The molecule has 1 N–H and O–H groups in total. The van der Waals surface area contributed by atoms with Gasteiger partial charge in [0.15, 0.2) is 0 Å². The second-order valence-electron chi connectivity index (χ2n) is 5.02. The number of hydrogen-bond donors (Lipinski definition) is 1. The molecule has 0 atom stereocenters. The fourth-order valence-electron chi connectivity index (χ4n) is 2.23. The molecule has 3 rings (SSSR count). The van der Waals surface area contributed by atoms with Crippen molar-refractivity contribution in [3.8, 4) is 5.75 Å². The lowest BCUT2D eigenvalue weighted by Gasteiger charge is -2.05. The Hall–Kier alpha value is -3.20. The summed E-state index contributed by atoms with van der Waals surface area (Å²) in [6.45, 7) is 0. The van der Waals surface area contributed by atoms with Crippen LogP contribution in [-0.2, 0) is 0 Å². The minimum Gasteiger partial charge on any atom is -0.508 e. The van der Waals surface area contributed by atoms with E-state index in [1.807, 2.05) is 66.7 Å². The molecule has 0 fully saturated rings. The Bertz CT molecular complexity index is 783. The van der Waals surface area contributed by atoms with Gasteiger partial charge in [0.2, 0.25) is 0 Å². The number of benzene rings is 3. The van der Waals surface area contributed by atoms with Crippen molar-refractivity contribution in [1.82, 2.24) is 0 Å². The lowest BCUT2D eigenvalue weighted by Crippen LogP contribution is -2.02. The normalized spacial score (nSPS) is 10.6. The van der Waals surface area contributed by atoms with Crippen molar-refractivity contribution >= 4 is 11.9 Å². The molecule has 0 radical (unpaired) electrons. The molecule has 3 heteroatoms. The van der Waals surface area contributed by atoms with E-state index in [4.69, 9.17) is 0 Å². The third-order valence-electron chi connectivity index (χ3n) is 3.33. The Morgan fingerprint density at radius 1 is 0.739 bits per heavy atom.